The summed E-state index contributed by atoms with van der Waals surface area (Å²) in [6, 6.07) is 14.6. The topological polar surface area (TPSA) is 35.2 Å². The second-order valence-corrected chi connectivity index (χ2v) is 6.03. The molecule has 2 aromatic carbocycles. The zero-order chi connectivity index (χ0) is 14.5. The SMILES string of the molecule is COc1cccc(SCC(N)c2ccc(C)c(C)c2)c1. The minimum Gasteiger partial charge on any atom is -0.497 e. The van der Waals surface area contributed by atoms with Gasteiger partial charge in [-0.15, -0.1) is 11.8 Å². The molecule has 3 heteroatoms. The molecule has 0 aliphatic carbocycles. The van der Waals surface area contributed by atoms with Crippen molar-refractivity contribution >= 4 is 11.8 Å². The van der Waals surface area contributed by atoms with Crippen molar-refractivity contribution in [3.05, 3.63) is 59.2 Å². The van der Waals surface area contributed by atoms with Gasteiger partial charge in [0.15, 0.2) is 0 Å². The number of methoxy groups -OCH3 is 1. The Morgan fingerprint density at radius 2 is 1.90 bits per heavy atom. The van der Waals surface area contributed by atoms with E-state index in [9.17, 15) is 0 Å². The van der Waals surface area contributed by atoms with E-state index in [2.05, 4.69) is 38.1 Å². The van der Waals surface area contributed by atoms with Crippen LogP contribution in [0.2, 0.25) is 0 Å². The van der Waals surface area contributed by atoms with Gasteiger partial charge in [-0.1, -0.05) is 24.3 Å². The molecule has 1 unspecified atom stereocenters. The third-order valence-electron chi connectivity index (χ3n) is 3.43. The molecule has 2 aromatic rings. The number of hydrogen-bond donors (Lipinski definition) is 1. The maximum Gasteiger partial charge on any atom is 0.119 e. The summed E-state index contributed by atoms with van der Waals surface area (Å²) in [4.78, 5) is 1.18. The summed E-state index contributed by atoms with van der Waals surface area (Å²) < 4.78 is 5.23. The van der Waals surface area contributed by atoms with Crippen LogP contribution in [-0.2, 0) is 0 Å². The minimum atomic E-state index is 0.0468. The summed E-state index contributed by atoms with van der Waals surface area (Å²) in [5.41, 5.74) is 10.1. The zero-order valence-corrected chi connectivity index (χ0v) is 13.0. The molecule has 0 aliphatic heterocycles. The molecule has 0 bridgehead atoms. The Labute approximate surface area is 125 Å². The third kappa shape index (κ3) is 3.78. The molecule has 0 amide bonds. The van der Waals surface area contributed by atoms with E-state index in [0.29, 0.717) is 0 Å². The third-order valence-corrected chi connectivity index (χ3v) is 4.54. The van der Waals surface area contributed by atoms with Crippen molar-refractivity contribution in [3.8, 4) is 5.75 Å². The zero-order valence-electron chi connectivity index (χ0n) is 12.2. The number of aryl methyl sites for hydroxylation is 2. The van der Waals surface area contributed by atoms with E-state index in [-0.39, 0.29) is 6.04 Å². The summed E-state index contributed by atoms with van der Waals surface area (Å²) >= 11 is 1.76. The number of rotatable bonds is 5. The molecule has 2 nitrogen and oxygen atoms in total. The van der Waals surface area contributed by atoms with Crippen molar-refractivity contribution in [2.45, 2.75) is 24.8 Å². The fourth-order valence-corrected chi connectivity index (χ4v) is 2.91. The molecule has 1 atom stereocenters. The van der Waals surface area contributed by atoms with Gasteiger partial charge in [0.05, 0.1) is 7.11 Å². The fraction of sp³-hybridized carbons (Fsp3) is 0.294. The molecule has 0 saturated heterocycles. The van der Waals surface area contributed by atoms with Crippen LogP contribution in [0.3, 0.4) is 0 Å². The van der Waals surface area contributed by atoms with Crippen LogP contribution < -0.4 is 10.5 Å². The Morgan fingerprint density at radius 3 is 2.60 bits per heavy atom. The smallest absolute Gasteiger partial charge is 0.119 e. The van der Waals surface area contributed by atoms with Crippen LogP contribution in [0.15, 0.2) is 47.4 Å². The second-order valence-electron chi connectivity index (χ2n) is 4.94. The van der Waals surface area contributed by atoms with Crippen LogP contribution >= 0.6 is 11.8 Å². The molecule has 0 heterocycles. The van der Waals surface area contributed by atoms with Gasteiger partial charge in [0, 0.05) is 16.7 Å². The van der Waals surface area contributed by atoms with E-state index >= 15 is 0 Å². The highest BCUT2D eigenvalue weighted by Gasteiger charge is 2.08. The van der Waals surface area contributed by atoms with Crippen LogP contribution in [0.4, 0.5) is 0 Å². The lowest BCUT2D eigenvalue weighted by atomic mass is 10.0. The number of benzene rings is 2. The first kappa shape index (κ1) is 14.9. The standard InChI is InChI=1S/C17H21NOS/c1-12-7-8-14(9-13(12)2)17(18)11-20-16-6-4-5-15(10-16)19-3/h4-10,17H,11,18H2,1-3H3. The number of ether oxygens (including phenoxy) is 1. The predicted octanol–water partition coefficient (Wildman–Crippen LogP) is 4.10. The van der Waals surface area contributed by atoms with Crippen LogP contribution in [0.5, 0.6) is 5.75 Å². The van der Waals surface area contributed by atoms with Crippen molar-refractivity contribution in [1.82, 2.24) is 0 Å². The maximum atomic E-state index is 6.28. The van der Waals surface area contributed by atoms with Crippen LogP contribution in [-0.4, -0.2) is 12.9 Å². The molecule has 0 aromatic heterocycles. The fourth-order valence-electron chi connectivity index (χ4n) is 1.97. The van der Waals surface area contributed by atoms with Crippen LogP contribution in [0, 0.1) is 13.8 Å². The Morgan fingerprint density at radius 1 is 1.10 bits per heavy atom. The highest BCUT2D eigenvalue weighted by atomic mass is 32.2. The maximum absolute atomic E-state index is 6.28. The van der Waals surface area contributed by atoms with E-state index < -0.39 is 0 Å². The lowest BCUT2D eigenvalue weighted by molar-refractivity contribution is 0.413. The van der Waals surface area contributed by atoms with E-state index in [1.165, 1.54) is 21.6 Å². The van der Waals surface area contributed by atoms with E-state index in [4.69, 9.17) is 10.5 Å². The lowest BCUT2D eigenvalue weighted by Crippen LogP contribution is -2.13. The predicted molar refractivity (Wildman–Crippen MR) is 86.6 cm³/mol. The first-order valence-corrected chi connectivity index (χ1v) is 7.68. The number of thioether (sulfide) groups is 1. The summed E-state index contributed by atoms with van der Waals surface area (Å²) in [6.07, 6.45) is 0. The Kier molecular flexibility index (Phi) is 5.10. The van der Waals surface area contributed by atoms with Crippen molar-refractivity contribution in [2.24, 2.45) is 5.73 Å². The molecular weight excluding hydrogens is 266 g/mol. The van der Waals surface area contributed by atoms with Crippen molar-refractivity contribution in [1.29, 1.82) is 0 Å². The molecular formula is C17H21NOS. The quantitative estimate of drug-likeness (QED) is 0.841. The Bertz CT molecular complexity index is 583. The highest BCUT2D eigenvalue weighted by molar-refractivity contribution is 7.99. The first-order valence-electron chi connectivity index (χ1n) is 6.69. The summed E-state index contributed by atoms with van der Waals surface area (Å²) in [7, 11) is 1.69. The molecule has 0 fully saturated rings. The van der Waals surface area contributed by atoms with Crippen LogP contribution in [0.1, 0.15) is 22.7 Å². The van der Waals surface area contributed by atoms with Crippen molar-refractivity contribution in [2.75, 3.05) is 12.9 Å². The van der Waals surface area contributed by atoms with Gasteiger partial charge in [0.25, 0.3) is 0 Å². The molecule has 2 rings (SSSR count). The molecule has 2 N–H and O–H groups in total. The molecule has 20 heavy (non-hydrogen) atoms. The average Bonchev–Trinajstić information content (AvgIpc) is 2.47. The van der Waals surface area contributed by atoms with Crippen molar-refractivity contribution < 1.29 is 4.74 Å². The van der Waals surface area contributed by atoms with E-state index in [1.54, 1.807) is 18.9 Å². The second kappa shape index (κ2) is 6.82. The largest absolute Gasteiger partial charge is 0.497 e. The van der Waals surface area contributed by atoms with Gasteiger partial charge in [0.2, 0.25) is 0 Å². The van der Waals surface area contributed by atoms with Gasteiger partial charge in [-0.05, 0) is 48.7 Å². The van der Waals surface area contributed by atoms with Gasteiger partial charge in [-0.2, -0.15) is 0 Å². The molecule has 0 radical (unpaired) electrons. The average molecular weight is 287 g/mol. The monoisotopic (exact) mass is 287 g/mol. The van der Waals surface area contributed by atoms with Crippen LogP contribution in [0.25, 0.3) is 0 Å². The van der Waals surface area contributed by atoms with E-state index in [0.717, 1.165) is 11.5 Å². The molecule has 106 valence electrons. The number of nitrogens with two attached hydrogens (primary N) is 1. The van der Waals surface area contributed by atoms with Gasteiger partial charge < -0.3 is 10.5 Å². The summed E-state index contributed by atoms with van der Waals surface area (Å²) in [5, 5.41) is 0. The molecule has 0 aliphatic rings. The highest BCUT2D eigenvalue weighted by Crippen LogP contribution is 2.27. The first-order chi connectivity index (χ1) is 9.60. The lowest BCUT2D eigenvalue weighted by Gasteiger charge is -2.13. The summed E-state index contributed by atoms with van der Waals surface area (Å²) in [6.45, 7) is 4.25. The van der Waals surface area contributed by atoms with Gasteiger partial charge in [-0.3, -0.25) is 0 Å². The minimum absolute atomic E-state index is 0.0468. The normalized spacial score (nSPS) is 12.2. The molecule has 0 spiro atoms. The van der Waals surface area contributed by atoms with Gasteiger partial charge >= 0.3 is 0 Å². The van der Waals surface area contributed by atoms with Crippen molar-refractivity contribution in [3.63, 3.8) is 0 Å². The number of hydrogen-bond acceptors (Lipinski definition) is 3. The van der Waals surface area contributed by atoms with Gasteiger partial charge in [0.1, 0.15) is 5.75 Å². The Balaban J connectivity index is 2.00. The summed E-state index contributed by atoms with van der Waals surface area (Å²) in [5.74, 6) is 1.74. The van der Waals surface area contributed by atoms with Gasteiger partial charge in [-0.25, -0.2) is 0 Å². The Hall–Kier alpha value is -1.45. The molecule has 0 saturated carbocycles. The van der Waals surface area contributed by atoms with E-state index in [1.807, 2.05) is 18.2 Å².